The van der Waals surface area contributed by atoms with Crippen molar-refractivity contribution in [2.24, 2.45) is 5.92 Å². The second kappa shape index (κ2) is 8.31. The molecule has 3 heteroatoms. The highest BCUT2D eigenvalue weighted by Gasteiger charge is 2.16. The van der Waals surface area contributed by atoms with Crippen molar-refractivity contribution >= 4 is 17.5 Å². The van der Waals surface area contributed by atoms with Crippen molar-refractivity contribution in [2.75, 3.05) is 6.54 Å². The van der Waals surface area contributed by atoms with E-state index >= 15 is 0 Å². The summed E-state index contributed by atoms with van der Waals surface area (Å²) in [5.74, 6) is 0.521. The summed E-state index contributed by atoms with van der Waals surface area (Å²) in [6, 6.07) is 6.21. The van der Waals surface area contributed by atoms with E-state index in [1.165, 1.54) is 5.56 Å². The Morgan fingerprint density at radius 2 is 1.90 bits per heavy atom. The van der Waals surface area contributed by atoms with Gasteiger partial charge in [-0.05, 0) is 30.9 Å². The Hall–Kier alpha value is -1.02. The third-order valence-corrected chi connectivity index (χ3v) is 4.42. The van der Waals surface area contributed by atoms with Gasteiger partial charge in [0.1, 0.15) is 0 Å². The lowest BCUT2D eigenvalue weighted by atomic mass is 9.99. The Bertz CT molecular complexity index is 441. The summed E-state index contributed by atoms with van der Waals surface area (Å²) in [4.78, 5) is 12.0. The molecule has 1 atom stereocenters. The van der Waals surface area contributed by atoms with Crippen molar-refractivity contribution in [2.45, 2.75) is 52.3 Å². The molecular formula is C17H26ClNO. The van der Waals surface area contributed by atoms with Gasteiger partial charge in [0.05, 0.1) is 11.8 Å². The van der Waals surface area contributed by atoms with Crippen molar-refractivity contribution in [3.05, 3.63) is 34.9 Å². The molecular weight excluding hydrogens is 270 g/mol. The minimum atomic E-state index is 0.0209. The second-order valence-corrected chi connectivity index (χ2v) is 6.06. The Balaban J connectivity index is 2.50. The van der Waals surface area contributed by atoms with Crippen molar-refractivity contribution < 1.29 is 4.79 Å². The van der Waals surface area contributed by atoms with Crippen LogP contribution in [-0.2, 0) is 11.2 Å². The van der Waals surface area contributed by atoms with Crippen molar-refractivity contribution in [1.29, 1.82) is 0 Å². The molecule has 112 valence electrons. The number of hydrogen-bond donors (Lipinski definition) is 1. The lowest BCUT2D eigenvalue weighted by Crippen LogP contribution is -2.34. The predicted octanol–water partition coefficient (Wildman–Crippen LogP) is 4.01. The Morgan fingerprint density at radius 1 is 1.25 bits per heavy atom. The molecule has 0 aromatic heterocycles. The summed E-state index contributed by atoms with van der Waals surface area (Å²) in [6.07, 6.45) is 2.54. The van der Waals surface area contributed by atoms with E-state index in [2.05, 4.69) is 37.4 Å². The van der Waals surface area contributed by atoms with Gasteiger partial charge in [-0.1, -0.05) is 50.5 Å². The minimum absolute atomic E-state index is 0.0209. The maximum Gasteiger partial charge on any atom is 0.224 e. The maximum atomic E-state index is 12.0. The van der Waals surface area contributed by atoms with Crippen LogP contribution in [0.15, 0.2) is 18.2 Å². The standard InChI is InChI=1S/C17H26ClNO/c1-5-14(6-2)16(18)11-19-17(20)10-15-9-12(3)7-8-13(15)4/h7-9,14,16H,5-6,10-11H2,1-4H3,(H,19,20). The zero-order chi connectivity index (χ0) is 15.1. The molecule has 1 rings (SSSR count). The zero-order valence-corrected chi connectivity index (χ0v) is 13.8. The molecule has 0 heterocycles. The quantitative estimate of drug-likeness (QED) is 0.757. The summed E-state index contributed by atoms with van der Waals surface area (Å²) >= 11 is 6.34. The molecule has 0 aliphatic heterocycles. The van der Waals surface area contributed by atoms with E-state index in [0.29, 0.717) is 18.9 Å². The van der Waals surface area contributed by atoms with Gasteiger partial charge in [0.25, 0.3) is 0 Å². The molecule has 0 radical (unpaired) electrons. The normalized spacial score (nSPS) is 12.5. The van der Waals surface area contributed by atoms with Crippen LogP contribution in [0, 0.1) is 19.8 Å². The van der Waals surface area contributed by atoms with Gasteiger partial charge in [-0.3, -0.25) is 4.79 Å². The average Bonchev–Trinajstić information content (AvgIpc) is 2.42. The van der Waals surface area contributed by atoms with Crippen LogP contribution in [-0.4, -0.2) is 17.8 Å². The van der Waals surface area contributed by atoms with Crippen molar-refractivity contribution in [3.8, 4) is 0 Å². The van der Waals surface area contributed by atoms with Gasteiger partial charge in [0, 0.05) is 6.54 Å². The van der Waals surface area contributed by atoms with Crippen LogP contribution < -0.4 is 5.32 Å². The first-order valence-corrected chi connectivity index (χ1v) is 7.88. The van der Waals surface area contributed by atoms with E-state index < -0.39 is 0 Å². The monoisotopic (exact) mass is 295 g/mol. The molecule has 2 nitrogen and oxygen atoms in total. The van der Waals surface area contributed by atoms with Crippen LogP contribution in [0.1, 0.15) is 43.4 Å². The van der Waals surface area contributed by atoms with Crippen molar-refractivity contribution in [1.82, 2.24) is 5.32 Å². The molecule has 20 heavy (non-hydrogen) atoms. The molecule has 0 fully saturated rings. The molecule has 1 aromatic carbocycles. The number of hydrogen-bond acceptors (Lipinski definition) is 1. The summed E-state index contributed by atoms with van der Waals surface area (Å²) in [5, 5.41) is 2.98. The van der Waals surface area contributed by atoms with Gasteiger partial charge in [0.15, 0.2) is 0 Å². The van der Waals surface area contributed by atoms with Crippen molar-refractivity contribution in [3.63, 3.8) is 0 Å². The first-order chi connectivity index (χ1) is 9.47. The molecule has 0 saturated heterocycles. The molecule has 1 N–H and O–H groups in total. The molecule has 0 bridgehead atoms. The molecule has 0 aliphatic rings. The van der Waals surface area contributed by atoms with Gasteiger partial charge in [0.2, 0.25) is 5.91 Å². The Morgan fingerprint density at radius 3 is 2.50 bits per heavy atom. The number of alkyl halides is 1. The highest BCUT2D eigenvalue weighted by molar-refractivity contribution is 6.21. The Labute approximate surface area is 127 Å². The molecule has 0 saturated carbocycles. The number of carbonyl (C=O) groups is 1. The highest BCUT2D eigenvalue weighted by Crippen LogP contribution is 2.18. The number of carbonyl (C=O) groups excluding carboxylic acids is 1. The molecule has 1 amide bonds. The van der Waals surface area contributed by atoms with E-state index in [1.807, 2.05) is 13.8 Å². The van der Waals surface area contributed by atoms with Crippen LogP contribution in [0.4, 0.5) is 0 Å². The van der Waals surface area contributed by atoms with E-state index in [9.17, 15) is 4.79 Å². The first-order valence-electron chi connectivity index (χ1n) is 7.44. The van der Waals surface area contributed by atoms with Crippen LogP contribution in [0.2, 0.25) is 0 Å². The maximum absolute atomic E-state index is 12.0. The lowest BCUT2D eigenvalue weighted by Gasteiger charge is -2.19. The average molecular weight is 296 g/mol. The van der Waals surface area contributed by atoms with E-state index in [4.69, 9.17) is 11.6 Å². The number of rotatable bonds is 7. The fourth-order valence-electron chi connectivity index (χ4n) is 2.40. The lowest BCUT2D eigenvalue weighted by molar-refractivity contribution is -0.120. The minimum Gasteiger partial charge on any atom is -0.354 e. The largest absolute Gasteiger partial charge is 0.354 e. The van der Waals surface area contributed by atoms with Gasteiger partial charge >= 0.3 is 0 Å². The van der Waals surface area contributed by atoms with E-state index in [-0.39, 0.29) is 11.3 Å². The van der Waals surface area contributed by atoms with Crippen LogP contribution in [0.25, 0.3) is 0 Å². The summed E-state index contributed by atoms with van der Waals surface area (Å²) < 4.78 is 0. The number of nitrogens with one attached hydrogen (secondary N) is 1. The van der Waals surface area contributed by atoms with Gasteiger partial charge < -0.3 is 5.32 Å². The highest BCUT2D eigenvalue weighted by atomic mass is 35.5. The van der Waals surface area contributed by atoms with Gasteiger partial charge in [-0.25, -0.2) is 0 Å². The van der Waals surface area contributed by atoms with Crippen LogP contribution in [0.5, 0.6) is 0 Å². The number of halogens is 1. The summed E-state index contributed by atoms with van der Waals surface area (Å²) in [6.45, 7) is 8.92. The molecule has 0 spiro atoms. The van der Waals surface area contributed by atoms with Crippen LogP contribution in [0.3, 0.4) is 0 Å². The smallest absolute Gasteiger partial charge is 0.224 e. The van der Waals surface area contributed by atoms with Gasteiger partial charge in [-0.2, -0.15) is 0 Å². The van der Waals surface area contributed by atoms with Gasteiger partial charge in [-0.15, -0.1) is 11.6 Å². The third kappa shape index (κ3) is 5.16. The Kier molecular flexibility index (Phi) is 7.08. The number of amides is 1. The fourth-order valence-corrected chi connectivity index (χ4v) is 2.84. The molecule has 0 aliphatic carbocycles. The van der Waals surface area contributed by atoms with E-state index in [1.54, 1.807) is 0 Å². The summed E-state index contributed by atoms with van der Waals surface area (Å²) in [7, 11) is 0. The number of aryl methyl sites for hydroxylation is 2. The number of benzene rings is 1. The van der Waals surface area contributed by atoms with Crippen LogP contribution >= 0.6 is 11.6 Å². The fraction of sp³-hybridized carbons (Fsp3) is 0.588. The predicted molar refractivity (Wildman–Crippen MR) is 86.3 cm³/mol. The molecule has 1 unspecified atom stereocenters. The zero-order valence-electron chi connectivity index (χ0n) is 13.0. The third-order valence-electron chi connectivity index (χ3n) is 3.91. The molecule has 1 aromatic rings. The second-order valence-electron chi connectivity index (χ2n) is 5.50. The first kappa shape index (κ1) is 17.0. The summed E-state index contributed by atoms with van der Waals surface area (Å²) in [5.41, 5.74) is 3.44. The SMILES string of the molecule is CCC(CC)C(Cl)CNC(=O)Cc1cc(C)ccc1C. The van der Waals surface area contributed by atoms with E-state index in [0.717, 1.165) is 24.0 Å². The topological polar surface area (TPSA) is 29.1 Å².